The van der Waals surface area contributed by atoms with E-state index >= 15 is 0 Å². The molecule has 2 atom stereocenters. The summed E-state index contributed by atoms with van der Waals surface area (Å²) in [5.41, 5.74) is 2.50. The fourth-order valence-corrected chi connectivity index (χ4v) is 4.84. The lowest BCUT2D eigenvalue weighted by Crippen LogP contribution is -2.38. The standard InChI is InChI=1S/C21H21NO3S/c1-2-25-18-7-4-3-6-14(18)15-12-20(24)22-16-10-13(11-17(23)21(15)16)19-8-5-9-26-19/h3-9,13,15H,2,10-12H2,1H3,(H,22,24)/t13-,15-/m1/s1. The highest BCUT2D eigenvalue weighted by Gasteiger charge is 2.39. The Kier molecular flexibility index (Phi) is 4.64. The summed E-state index contributed by atoms with van der Waals surface area (Å²) in [6.45, 7) is 2.49. The normalized spacial score (nSPS) is 22.8. The highest BCUT2D eigenvalue weighted by Crippen LogP contribution is 2.45. The number of Topliss-reactive ketones (excluding diaryl/α,β-unsaturated/α-hetero) is 1. The van der Waals surface area contributed by atoms with Crippen LogP contribution in [0, 0.1) is 0 Å². The number of carbonyl (C=O) groups excluding carboxylic acids is 2. The first-order valence-electron chi connectivity index (χ1n) is 8.98. The van der Waals surface area contributed by atoms with Crippen molar-refractivity contribution in [1.29, 1.82) is 0 Å². The zero-order valence-electron chi connectivity index (χ0n) is 14.7. The molecule has 1 amide bonds. The van der Waals surface area contributed by atoms with Crippen molar-refractivity contribution in [1.82, 2.24) is 5.32 Å². The third-order valence-corrected chi connectivity index (χ3v) is 6.11. The van der Waals surface area contributed by atoms with E-state index in [1.54, 1.807) is 11.3 Å². The molecule has 2 aliphatic rings. The zero-order chi connectivity index (χ0) is 18.1. The van der Waals surface area contributed by atoms with Gasteiger partial charge in [0.15, 0.2) is 5.78 Å². The summed E-state index contributed by atoms with van der Waals surface area (Å²) in [4.78, 5) is 26.6. The largest absolute Gasteiger partial charge is 0.494 e. The monoisotopic (exact) mass is 367 g/mol. The number of benzene rings is 1. The molecule has 0 radical (unpaired) electrons. The van der Waals surface area contributed by atoms with E-state index in [0.717, 1.165) is 22.6 Å². The van der Waals surface area contributed by atoms with Crippen LogP contribution in [0.15, 0.2) is 53.0 Å². The summed E-state index contributed by atoms with van der Waals surface area (Å²) in [5.74, 6) is 0.802. The lowest BCUT2D eigenvalue weighted by Gasteiger charge is -2.34. The predicted octanol–water partition coefficient (Wildman–Crippen LogP) is 4.15. The number of amides is 1. The van der Waals surface area contributed by atoms with Crippen LogP contribution in [0.2, 0.25) is 0 Å². The molecule has 0 spiro atoms. The van der Waals surface area contributed by atoms with Gasteiger partial charge in [-0.1, -0.05) is 24.3 Å². The lowest BCUT2D eigenvalue weighted by atomic mass is 9.74. The van der Waals surface area contributed by atoms with E-state index in [0.29, 0.717) is 25.9 Å². The van der Waals surface area contributed by atoms with Crippen LogP contribution in [0.5, 0.6) is 5.75 Å². The minimum absolute atomic E-state index is 0.0281. The second kappa shape index (κ2) is 7.08. The van der Waals surface area contributed by atoms with Gasteiger partial charge in [0.1, 0.15) is 5.75 Å². The quantitative estimate of drug-likeness (QED) is 0.883. The van der Waals surface area contributed by atoms with Gasteiger partial charge in [0, 0.05) is 46.4 Å². The molecule has 1 aromatic carbocycles. The molecule has 0 bridgehead atoms. The van der Waals surface area contributed by atoms with Gasteiger partial charge in [-0.3, -0.25) is 9.59 Å². The molecule has 0 unspecified atom stereocenters. The predicted molar refractivity (Wildman–Crippen MR) is 101 cm³/mol. The van der Waals surface area contributed by atoms with Gasteiger partial charge in [0.2, 0.25) is 5.91 Å². The van der Waals surface area contributed by atoms with Crippen LogP contribution in [0.3, 0.4) is 0 Å². The highest BCUT2D eigenvalue weighted by molar-refractivity contribution is 7.10. The summed E-state index contributed by atoms with van der Waals surface area (Å²) >= 11 is 1.67. The van der Waals surface area contributed by atoms with E-state index in [-0.39, 0.29) is 23.5 Å². The molecule has 1 aliphatic carbocycles. The fourth-order valence-electron chi connectivity index (χ4n) is 4.01. The number of rotatable bonds is 4. The number of carbonyl (C=O) groups is 2. The molecule has 5 heteroatoms. The Bertz CT molecular complexity index is 869. The highest BCUT2D eigenvalue weighted by atomic mass is 32.1. The van der Waals surface area contributed by atoms with Crippen molar-refractivity contribution >= 4 is 23.0 Å². The van der Waals surface area contributed by atoms with Crippen molar-refractivity contribution < 1.29 is 14.3 Å². The SMILES string of the molecule is CCOc1ccccc1[C@H]1CC(=O)NC2=C1C(=O)C[C@H](c1cccs1)C2. The first-order valence-corrected chi connectivity index (χ1v) is 9.86. The Morgan fingerprint density at radius 1 is 1.12 bits per heavy atom. The molecule has 1 N–H and O–H groups in total. The summed E-state index contributed by atoms with van der Waals surface area (Å²) in [5, 5.41) is 5.01. The molecule has 26 heavy (non-hydrogen) atoms. The van der Waals surface area contributed by atoms with Crippen molar-refractivity contribution in [2.75, 3.05) is 6.61 Å². The summed E-state index contributed by atoms with van der Waals surface area (Å²) in [7, 11) is 0. The Morgan fingerprint density at radius 3 is 2.73 bits per heavy atom. The third-order valence-electron chi connectivity index (χ3n) is 5.08. The molecule has 4 nitrogen and oxygen atoms in total. The fraction of sp³-hybridized carbons (Fsp3) is 0.333. The van der Waals surface area contributed by atoms with Crippen molar-refractivity contribution in [3.8, 4) is 5.75 Å². The minimum Gasteiger partial charge on any atom is -0.494 e. The van der Waals surface area contributed by atoms with Crippen LogP contribution in [-0.2, 0) is 9.59 Å². The van der Waals surface area contributed by atoms with E-state index in [9.17, 15) is 9.59 Å². The molecular formula is C21H21NO3S. The van der Waals surface area contributed by atoms with Crippen LogP contribution in [0.1, 0.15) is 48.5 Å². The van der Waals surface area contributed by atoms with Crippen molar-refractivity contribution in [2.24, 2.45) is 0 Å². The van der Waals surface area contributed by atoms with Crippen molar-refractivity contribution in [3.05, 3.63) is 63.5 Å². The van der Waals surface area contributed by atoms with E-state index in [1.807, 2.05) is 42.6 Å². The van der Waals surface area contributed by atoms with Gasteiger partial charge in [-0.05, 0) is 30.9 Å². The molecule has 0 saturated heterocycles. The molecule has 0 saturated carbocycles. The van der Waals surface area contributed by atoms with Crippen LogP contribution in [0.25, 0.3) is 0 Å². The van der Waals surface area contributed by atoms with Crippen molar-refractivity contribution in [3.63, 3.8) is 0 Å². The number of ether oxygens (including phenoxy) is 1. The maximum Gasteiger partial charge on any atom is 0.225 e. The van der Waals surface area contributed by atoms with Crippen LogP contribution in [-0.4, -0.2) is 18.3 Å². The van der Waals surface area contributed by atoms with Gasteiger partial charge in [-0.25, -0.2) is 0 Å². The van der Waals surface area contributed by atoms with Gasteiger partial charge in [0.05, 0.1) is 6.61 Å². The maximum atomic E-state index is 13.0. The Labute approximate surface area is 156 Å². The number of allylic oxidation sites excluding steroid dienone is 2. The molecule has 4 rings (SSSR count). The van der Waals surface area contributed by atoms with Gasteiger partial charge in [0.25, 0.3) is 0 Å². The summed E-state index contributed by atoms with van der Waals surface area (Å²) in [6, 6.07) is 11.8. The smallest absolute Gasteiger partial charge is 0.225 e. The van der Waals surface area contributed by atoms with Gasteiger partial charge in [-0.15, -0.1) is 11.3 Å². The molecular weight excluding hydrogens is 346 g/mol. The number of thiophene rings is 1. The number of nitrogens with one attached hydrogen (secondary N) is 1. The van der Waals surface area contributed by atoms with Gasteiger partial charge < -0.3 is 10.1 Å². The first-order chi connectivity index (χ1) is 12.7. The molecule has 134 valence electrons. The molecule has 0 fully saturated rings. The molecule has 2 aromatic rings. The molecule has 2 heterocycles. The number of hydrogen-bond acceptors (Lipinski definition) is 4. The Morgan fingerprint density at radius 2 is 1.96 bits per heavy atom. The zero-order valence-corrected chi connectivity index (χ0v) is 15.5. The van der Waals surface area contributed by atoms with E-state index in [1.165, 1.54) is 4.88 Å². The number of hydrogen-bond donors (Lipinski definition) is 1. The number of ketones is 1. The Balaban J connectivity index is 1.74. The second-order valence-corrected chi connectivity index (χ2v) is 7.69. The minimum atomic E-state index is -0.224. The van der Waals surface area contributed by atoms with Crippen LogP contribution >= 0.6 is 11.3 Å². The maximum absolute atomic E-state index is 13.0. The lowest BCUT2D eigenvalue weighted by molar-refractivity contribution is -0.122. The average molecular weight is 367 g/mol. The van der Waals surface area contributed by atoms with E-state index in [4.69, 9.17) is 4.74 Å². The number of para-hydroxylation sites is 1. The molecule has 1 aliphatic heterocycles. The summed E-state index contributed by atoms with van der Waals surface area (Å²) in [6.07, 6.45) is 1.50. The van der Waals surface area contributed by atoms with Gasteiger partial charge >= 0.3 is 0 Å². The average Bonchev–Trinajstić information content (AvgIpc) is 3.16. The molecule has 1 aromatic heterocycles. The third kappa shape index (κ3) is 3.07. The van der Waals surface area contributed by atoms with Crippen LogP contribution in [0.4, 0.5) is 0 Å². The second-order valence-electron chi connectivity index (χ2n) is 6.71. The van der Waals surface area contributed by atoms with E-state index < -0.39 is 0 Å². The summed E-state index contributed by atoms with van der Waals surface area (Å²) < 4.78 is 5.76. The first kappa shape index (κ1) is 17.0. The van der Waals surface area contributed by atoms with Crippen molar-refractivity contribution in [2.45, 2.75) is 38.0 Å². The van der Waals surface area contributed by atoms with E-state index in [2.05, 4.69) is 11.4 Å². The Hall–Kier alpha value is -2.40. The van der Waals surface area contributed by atoms with Crippen LogP contribution < -0.4 is 10.1 Å². The van der Waals surface area contributed by atoms with Gasteiger partial charge in [-0.2, -0.15) is 0 Å². The topological polar surface area (TPSA) is 55.4 Å².